The lowest BCUT2D eigenvalue weighted by Gasteiger charge is -2.15. The van der Waals surface area contributed by atoms with Crippen LogP contribution in [0.2, 0.25) is 0 Å². The number of carbonyl (C=O) groups is 3. The Labute approximate surface area is 229 Å². The van der Waals surface area contributed by atoms with Crippen molar-refractivity contribution in [2.75, 3.05) is 23.9 Å². The second kappa shape index (κ2) is 11.7. The minimum atomic E-state index is -0.503. The molecule has 0 atom stereocenters. The number of ether oxygens (including phenoxy) is 2. The lowest BCUT2D eigenvalue weighted by Crippen LogP contribution is -2.27. The van der Waals surface area contributed by atoms with Crippen molar-refractivity contribution in [3.8, 4) is 5.75 Å². The first-order chi connectivity index (χ1) is 17.7. The topological polar surface area (TPSA) is 84.9 Å². The van der Waals surface area contributed by atoms with Crippen LogP contribution in [0, 0.1) is 5.82 Å². The normalized spacial score (nSPS) is 14.1. The average molecular weight is 601 g/mol. The van der Waals surface area contributed by atoms with E-state index in [9.17, 15) is 18.8 Å². The van der Waals surface area contributed by atoms with Gasteiger partial charge < -0.3 is 14.8 Å². The number of halogens is 2. The summed E-state index contributed by atoms with van der Waals surface area (Å²) in [7, 11) is 1.28. The largest absolute Gasteiger partial charge is 0.481 e. The molecular formula is C26H18BrFN2O5S2. The molecular weight excluding hydrogens is 583 g/mol. The second-order valence-corrected chi connectivity index (χ2v) is 10.1. The minimum Gasteiger partial charge on any atom is -0.481 e. The third-order valence-electron chi connectivity index (χ3n) is 5.09. The number of anilines is 2. The van der Waals surface area contributed by atoms with E-state index in [4.69, 9.17) is 17.0 Å². The van der Waals surface area contributed by atoms with Crippen molar-refractivity contribution in [1.29, 1.82) is 0 Å². The highest BCUT2D eigenvalue weighted by Crippen LogP contribution is 2.37. The van der Waals surface area contributed by atoms with Gasteiger partial charge in [0.1, 0.15) is 11.6 Å². The number of nitrogens with one attached hydrogen (secondary N) is 1. The molecule has 0 saturated carbocycles. The molecule has 0 aliphatic carbocycles. The maximum absolute atomic E-state index is 13.2. The maximum Gasteiger partial charge on any atom is 0.343 e. The molecule has 0 unspecified atom stereocenters. The zero-order valence-corrected chi connectivity index (χ0v) is 22.4. The van der Waals surface area contributed by atoms with Crippen LogP contribution in [0.15, 0.2) is 76.1 Å². The third kappa shape index (κ3) is 6.43. The Bertz CT molecular complexity index is 1430. The Morgan fingerprint density at radius 1 is 1.14 bits per heavy atom. The number of nitrogens with zero attached hydrogens (tertiary/aromatic N) is 1. The van der Waals surface area contributed by atoms with E-state index in [2.05, 4.69) is 26.0 Å². The molecule has 11 heteroatoms. The molecule has 0 spiro atoms. The summed E-state index contributed by atoms with van der Waals surface area (Å²) in [5.74, 6) is -1.19. The summed E-state index contributed by atoms with van der Waals surface area (Å²) in [6.07, 6.45) is 1.69. The van der Waals surface area contributed by atoms with Gasteiger partial charge in [0.2, 0.25) is 0 Å². The van der Waals surface area contributed by atoms with Gasteiger partial charge in [0.25, 0.3) is 11.8 Å². The zero-order chi connectivity index (χ0) is 26.5. The van der Waals surface area contributed by atoms with Crippen molar-refractivity contribution in [3.63, 3.8) is 0 Å². The summed E-state index contributed by atoms with van der Waals surface area (Å²) in [6.45, 7) is -0.228. The lowest BCUT2D eigenvalue weighted by atomic mass is 10.1. The van der Waals surface area contributed by atoms with Crippen LogP contribution in [0.25, 0.3) is 6.08 Å². The van der Waals surface area contributed by atoms with E-state index in [0.717, 1.165) is 11.8 Å². The second-order valence-electron chi connectivity index (χ2n) is 7.58. The molecule has 188 valence electrons. The molecule has 0 aromatic heterocycles. The molecule has 0 bridgehead atoms. The molecule has 1 N–H and O–H groups in total. The number of rotatable bonds is 7. The van der Waals surface area contributed by atoms with Crippen LogP contribution in [-0.2, 0) is 14.3 Å². The van der Waals surface area contributed by atoms with Gasteiger partial charge in [-0.3, -0.25) is 14.5 Å². The molecule has 37 heavy (non-hydrogen) atoms. The van der Waals surface area contributed by atoms with Gasteiger partial charge in [0, 0.05) is 11.3 Å². The predicted octanol–water partition coefficient (Wildman–Crippen LogP) is 5.80. The fourth-order valence-corrected chi connectivity index (χ4v) is 5.09. The van der Waals surface area contributed by atoms with E-state index in [0.29, 0.717) is 41.9 Å². The van der Waals surface area contributed by atoms with Crippen LogP contribution < -0.4 is 15.0 Å². The van der Waals surface area contributed by atoms with Crippen LogP contribution in [0.3, 0.4) is 0 Å². The monoisotopic (exact) mass is 600 g/mol. The summed E-state index contributed by atoms with van der Waals surface area (Å²) in [4.78, 5) is 39.0. The molecule has 1 heterocycles. The van der Waals surface area contributed by atoms with Crippen molar-refractivity contribution in [3.05, 3.63) is 93.1 Å². The van der Waals surface area contributed by atoms with Gasteiger partial charge in [-0.2, -0.15) is 0 Å². The number of carbonyl (C=O) groups excluding carboxylic acids is 3. The number of benzene rings is 3. The molecule has 1 saturated heterocycles. The summed E-state index contributed by atoms with van der Waals surface area (Å²) in [5.41, 5.74) is 1.92. The molecule has 1 aliphatic heterocycles. The molecule has 1 aliphatic rings. The molecule has 4 rings (SSSR count). The number of thiocarbonyl (C=S) groups is 1. The van der Waals surface area contributed by atoms with Gasteiger partial charge in [-0.1, -0.05) is 36.1 Å². The highest BCUT2D eigenvalue weighted by molar-refractivity contribution is 9.10. The Hall–Kier alpha value is -3.54. The van der Waals surface area contributed by atoms with Gasteiger partial charge in [0.15, 0.2) is 10.9 Å². The number of hydrogen-bond acceptors (Lipinski definition) is 7. The van der Waals surface area contributed by atoms with Crippen molar-refractivity contribution >= 4 is 79.5 Å². The maximum atomic E-state index is 13.2. The van der Waals surface area contributed by atoms with Gasteiger partial charge >= 0.3 is 5.97 Å². The third-order valence-corrected chi connectivity index (χ3v) is 7.01. The van der Waals surface area contributed by atoms with E-state index in [-0.39, 0.29) is 12.5 Å². The fraction of sp³-hybridized carbons (Fsp3) is 0.0769. The Morgan fingerprint density at radius 2 is 1.89 bits per heavy atom. The van der Waals surface area contributed by atoms with Crippen LogP contribution >= 0.6 is 39.9 Å². The zero-order valence-electron chi connectivity index (χ0n) is 19.2. The minimum absolute atomic E-state index is 0.228. The van der Waals surface area contributed by atoms with E-state index in [1.165, 1.54) is 36.3 Å². The number of amides is 2. The summed E-state index contributed by atoms with van der Waals surface area (Å²) >= 11 is 10.00. The lowest BCUT2D eigenvalue weighted by molar-refractivity contribution is -0.142. The molecule has 2 amide bonds. The fourth-order valence-electron chi connectivity index (χ4n) is 3.28. The highest BCUT2D eigenvalue weighted by Gasteiger charge is 2.33. The van der Waals surface area contributed by atoms with E-state index in [1.807, 2.05) is 0 Å². The molecule has 1 fully saturated rings. The van der Waals surface area contributed by atoms with Gasteiger partial charge in [-0.25, -0.2) is 9.18 Å². The van der Waals surface area contributed by atoms with Gasteiger partial charge in [-0.15, -0.1) is 0 Å². The van der Waals surface area contributed by atoms with E-state index < -0.39 is 17.7 Å². The van der Waals surface area contributed by atoms with E-state index in [1.54, 1.807) is 48.5 Å². The van der Waals surface area contributed by atoms with E-state index >= 15 is 0 Å². The van der Waals surface area contributed by atoms with Crippen molar-refractivity contribution in [2.24, 2.45) is 0 Å². The SMILES string of the molecule is COC(=O)COc1ccc(/C=C2/SC(=S)N(c3cccc(C(=O)Nc4ccc(F)cc4)c3)C2=O)cc1Br. The van der Waals surface area contributed by atoms with Crippen LogP contribution in [0.5, 0.6) is 5.75 Å². The quantitative estimate of drug-likeness (QED) is 0.208. The number of methoxy groups -OCH3 is 1. The first-order valence-electron chi connectivity index (χ1n) is 10.7. The Kier molecular flexibility index (Phi) is 8.37. The van der Waals surface area contributed by atoms with Crippen LogP contribution in [-0.4, -0.2) is 35.8 Å². The highest BCUT2D eigenvalue weighted by atomic mass is 79.9. The van der Waals surface area contributed by atoms with Crippen LogP contribution in [0.4, 0.5) is 15.8 Å². The van der Waals surface area contributed by atoms with Gasteiger partial charge in [-0.05, 0) is 82.2 Å². The molecule has 7 nitrogen and oxygen atoms in total. The summed E-state index contributed by atoms with van der Waals surface area (Å²) in [5, 5.41) is 2.70. The van der Waals surface area contributed by atoms with Crippen LogP contribution in [0.1, 0.15) is 15.9 Å². The molecule has 0 radical (unpaired) electrons. The molecule has 3 aromatic carbocycles. The standard InChI is InChI=1S/C26H18BrFN2O5S2/c1-34-23(31)14-35-21-10-5-15(11-20(21)27)12-22-25(33)30(26(36)37-22)19-4-2-3-16(13-19)24(32)29-18-8-6-17(28)7-9-18/h2-13H,14H2,1H3,(H,29,32)/b22-12+. The summed E-state index contributed by atoms with van der Waals surface area (Å²) < 4.78 is 24.0. The molecule has 3 aromatic rings. The smallest absolute Gasteiger partial charge is 0.343 e. The average Bonchev–Trinajstić information content (AvgIpc) is 3.16. The number of hydrogen-bond donors (Lipinski definition) is 1. The van der Waals surface area contributed by atoms with Gasteiger partial charge in [0.05, 0.1) is 22.2 Å². The van der Waals surface area contributed by atoms with Crippen molar-refractivity contribution < 1.29 is 28.2 Å². The first kappa shape index (κ1) is 26.5. The number of esters is 1. The summed E-state index contributed by atoms with van der Waals surface area (Å²) in [6, 6.07) is 17.1. The first-order valence-corrected chi connectivity index (χ1v) is 12.7. The number of thioether (sulfide) groups is 1. The van der Waals surface area contributed by atoms with Crippen molar-refractivity contribution in [2.45, 2.75) is 0 Å². The Morgan fingerprint density at radius 3 is 2.59 bits per heavy atom. The van der Waals surface area contributed by atoms with Crippen molar-refractivity contribution in [1.82, 2.24) is 0 Å². The Balaban J connectivity index is 1.50. The predicted molar refractivity (Wildman–Crippen MR) is 148 cm³/mol.